The average Bonchev–Trinajstić information content (AvgIpc) is 2.71. The molecule has 0 bridgehead atoms. The summed E-state index contributed by atoms with van der Waals surface area (Å²) in [6.07, 6.45) is 0.739. The number of carboxylic acids is 1. The molecule has 2 aromatic carbocycles. The number of hydrogen-bond donors (Lipinski definition) is 3. The van der Waals surface area contributed by atoms with Crippen LogP contribution in [0.1, 0.15) is 48.5 Å². The van der Waals surface area contributed by atoms with Crippen LogP contribution < -0.4 is 15.4 Å². The molecular weight excluding hydrogens is 372 g/mol. The topological polar surface area (TPSA) is 105 Å². The first-order chi connectivity index (χ1) is 13.9. The van der Waals surface area contributed by atoms with E-state index in [1.807, 2.05) is 6.92 Å². The lowest BCUT2D eigenvalue weighted by Crippen LogP contribution is -2.26. The largest absolute Gasteiger partial charge is 0.493 e. The van der Waals surface area contributed by atoms with E-state index >= 15 is 0 Å². The molecule has 7 nitrogen and oxygen atoms in total. The molecule has 2 aromatic rings. The summed E-state index contributed by atoms with van der Waals surface area (Å²) in [5.74, 6) is -1.37. The second-order valence-electron chi connectivity index (χ2n) is 6.52. The van der Waals surface area contributed by atoms with Crippen LogP contribution in [0, 0.1) is 0 Å². The van der Waals surface area contributed by atoms with Crippen molar-refractivity contribution in [2.24, 2.45) is 0 Å². The third-order valence-corrected chi connectivity index (χ3v) is 4.36. The molecule has 0 aromatic heterocycles. The van der Waals surface area contributed by atoms with E-state index in [9.17, 15) is 14.4 Å². The van der Waals surface area contributed by atoms with E-state index in [4.69, 9.17) is 9.84 Å². The first kappa shape index (κ1) is 21.9. The van der Waals surface area contributed by atoms with Gasteiger partial charge in [-0.05, 0) is 50.1 Å². The normalized spacial score (nSPS) is 11.4. The zero-order valence-corrected chi connectivity index (χ0v) is 16.6. The summed E-state index contributed by atoms with van der Waals surface area (Å²) in [6, 6.07) is 13.7. The molecule has 154 valence electrons. The van der Waals surface area contributed by atoms with Gasteiger partial charge in [-0.25, -0.2) is 0 Å². The fourth-order valence-corrected chi connectivity index (χ4v) is 2.70. The Hall–Kier alpha value is -3.35. The van der Waals surface area contributed by atoms with E-state index in [0.717, 1.165) is 0 Å². The monoisotopic (exact) mass is 398 g/mol. The minimum atomic E-state index is -0.896. The maximum atomic E-state index is 12.3. The molecule has 0 spiro atoms. The molecule has 0 saturated heterocycles. The van der Waals surface area contributed by atoms with Crippen molar-refractivity contribution < 1.29 is 24.2 Å². The predicted octanol–water partition coefficient (Wildman–Crippen LogP) is 3.42. The molecule has 7 heteroatoms. The van der Waals surface area contributed by atoms with Gasteiger partial charge in [-0.1, -0.05) is 24.3 Å². The van der Waals surface area contributed by atoms with Crippen molar-refractivity contribution in [3.63, 3.8) is 0 Å². The van der Waals surface area contributed by atoms with Crippen molar-refractivity contribution in [1.82, 2.24) is 5.32 Å². The second-order valence-corrected chi connectivity index (χ2v) is 6.52. The van der Waals surface area contributed by atoms with Crippen LogP contribution >= 0.6 is 0 Å². The van der Waals surface area contributed by atoms with Gasteiger partial charge in [-0.15, -0.1) is 0 Å². The van der Waals surface area contributed by atoms with Crippen LogP contribution in [-0.2, 0) is 9.59 Å². The minimum Gasteiger partial charge on any atom is -0.493 e. The third-order valence-electron chi connectivity index (χ3n) is 4.36. The number of ether oxygens (including phenoxy) is 1. The Balaban J connectivity index is 1.76. The number of aliphatic carboxylic acids is 1. The number of amides is 2. The molecular formula is C22H26N2O5. The molecule has 2 amide bonds. The van der Waals surface area contributed by atoms with Gasteiger partial charge in [0, 0.05) is 18.7 Å². The zero-order chi connectivity index (χ0) is 21.2. The number of benzene rings is 2. The van der Waals surface area contributed by atoms with E-state index in [-0.39, 0.29) is 18.2 Å². The molecule has 0 aliphatic rings. The molecule has 2 rings (SSSR count). The van der Waals surface area contributed by atoms with Crippen molar-refractivity contribution in [3.05, 3.63) is 59.7 Å². The maximum Gasteiger partial charge on any atom is 0.310 e. The maximum absolute atomic E-state index is 12.3. The second kappa shape index (κ2) is 10.8. The number of carboxylic acid groups (broad SMARTS) is 1. The Kier molecular flexibility index (Phi) is 8.21. The average molecular weight is 398 g/mol. The molecule has 3 N–H and O–H groups in total. The molecule has 0 fully saturated rings. The van der Waals surface area contributed by atoms with Gasteiger partial charge in [0.1, 0.15) is 5.75 Å². The standard InChI is InChI=1S/C22H26N2O5/c1-3-29-19-8-5-4-7-18(19)21(26)23-14-6-9-20(25)24-17-12-10-16(11-13-17)15(2)22(27)28/h4-5,7-8,10-13,15H,3,6,9,14H2,1-2H3,(H,23,26)(H,24,25)(H,27,28). The highest BCUT2D eigenvalue weighted by Crippen LogP contribution is 2.19. The number of anilines is 1. The van der Waals surface area contributed by atoms with Crippen molar-refractivity contribution in [2.45, 2.75) is 32.6 Å². The summed E-state index contributed by atoms with van der Waals surface area (Å²) in [6.45, 7) is 4.30. The molecule has 1 unspecified atom stereocenters. The summed E-state index contributed by atoms with van der Waals surface area (Å²) in [5, 5.41) is 14.6. The summed E-state index contributed by atoms with van der Waals surface area (Å²) >= 11 is 0. The third kappa shape index (κ3) is 6.64. The number of rotatable bonds is 10. The number of para-hydroxylation sites is 1. The lowest BCUT2D eigenvalue weighted by atomic mass is 10.0. The first-order valence-electron chi connectivity index (χ1n) is 9.55. The van der Waals surface area contributed by atoms with Gasteiger partial charge in [-0.3, -0.25) is 14.4 Å². The summed E-state index contributed by atoms with van der Waals surface area (Å²) in [4.78, 5) is 35.3. The van der Waals surface area contributed by atoms with E-state index < -0.39 is 11.9 Å². The fraction of sp³-hybridized carbons (Fsp3) is 0.318. The van der Waals surface area contributed by atoms with Crippen LogP contribution in [0.3, 0.4) is 0 Å². The number of nitrogens with one attached hydrogen (secondary N) is 2. The Morgan fingerprint density at radius 3 is 2.41 bits per heavy atom. The first-order valence-corrected chi connectivity index (χ1v) is 9.55. The van der Waals surface area contributed by atoms with Crippen LogP contribution in [-0.4, -0.2) is 36.0 Å². The quantitative estimate of drug-likeness (QED) is 0.532. The highest BCUT2D eigenvalue weighted by Gasteiger charge is 2.14. The summed E-state index contributed by atoms with van der Waals surface area (Å²) < 4.78 is 5.45. The number of carbonyl (C=O) groups excluding carboxylic acids is 2. The van der Waals surface area contributed by atoms with Crippen LogP contribution in [0.4, 0.5) is 5.69 Å². The minimum absolute atomic E-state index is 0.173. The zero-order valence-electron chi connectivity index (χ0n) is 16.6. The van der Waals surface area contributed by atoms with Crippen molar-refractivity contribution in [3.8, 4) is 5.75 Å². The van der Waals surface area contributed by atoms with Crippen LogP contribution in [0.2, 0.25) is 0 Å². The molecule has 0 aliphatic heterocycles. The van der Waals surface area contributed by atoms with Gasteiger partial charge in [0.25, 0.3) is 5.91 Å². The molecule has 1 atom stereocenters. The van der Waals surface area contributed by atoms with E-state index in [1.165, 1.54) is 0 Å². The van der Waals surface area contributed by atoms with Gasteiger partial charge >= 0.3 is 5.97 Å². The van der Waals surface area contributed by atoms with Crippen LogP contribution in [0.25, 0.3) is 0 Å². The molecule has 0 heterocycles. The Bertz CT molecular complexity index is 849. The summed E-state index contributed by atoms with van der Waals surface area (Å²) in [5.41, 5.74) is 1.74. The van der Waals surface area contributed by atoms with Crippen molar-refractivity contribution in [2.75, 3.05) is 18.5 Å². The van der Waals surface area contributed by atoms with Gasteiger partial charge in [-0.2, -0.15) is 0 Å². The van der Waals surface area contributed by atoms with Crippen LogP contribution in [0.5, 0.6) is 5.75 Å². The van der Waals surface area contributed by atoms with Crippen LogP contribution in [0.15, 0.2) is 48.5 Å². The van der Waals surface area contributed by atoms with Gasteiger partial charge < -0.3 is 20.5 Å². The molecule has 0 aliphatic carbocycles. The SMILES string of the molecule is CCOc1ccccc1C(=O)NCCCC(=O)Nc1ccc(C(C)C(=O)O)cc1. The Labute approximate surface area is 170 Å². The van der Waals surface area contributed by atoms with Crippen molar-refractivity contribution in [1.29, 1.82) is 0 Å². The lowest BCUT2D eigenvalue weighted by Gasteiger charge is -2.11. The molecule has 0 saturated carbocycles. The van der Waals surface area contributed by atoms with E-state index in [0.29, 0.717) is 42.1 Å². The highest BCUT2D eigenvalue weighted by molar-refractivity contribution is 5.97. The molecule has 0 radical (unpaired) electrons. The van der Waals surface area contributed by atoms with Gasteiger partial charge in [0.05, 0.1) is 18.1 Å². The molecule has 29 heavy (non-hydrogen) atoms. The lowest BCUT2D eigenvalue weighted by molar-refractivity contribution is -0.138. The van der Waals surface area contributed by atoms with E-state index in [2.05, 4.69) is 10.6 Å². The number of carbonyl (C=O) groups is 3. The highest BCUT2D eigenvalue weighted by atomic mass is 16.5. The van der Waals surface area contributed by atoms with Gasteiger partial charge in [0.2, 0.25) is 5.91 Å². The van der Waals surface area contributed by atoms with Gasteiger partial charge in [0.15, 0.2) is 0 Å². The Morgan fingerprint density at radius 2 is 1.76 bits per heavy atom. The smallest absolute Gasteiger partial charge is 0.310 e. The number of hydrogen-bond acceptors (Lipinski definition) is 4. The Morgan fingerprint density at radius 1 is 1.07 bits per heavy atom. The summed E-state index contributed by atoms with van der Waals surface area (Å²) in [7, 11) is 0. The van der Waals surface area contributed by atoms with E-state index in [1.54, 1.807) is 55.5 Å². The fourth-order valence-electron chi connectivity index (χ4n) is 2.70. The van der Waals surface area contributed by atoms with Crippen molar-refractivity contribution >= 4 is 23.5 Å². The predicted molar refractivity (Wildman–Crippen MR) is 110 cm³/mol.